The van der Waals surface area contributed by atoms with Crippen molar-refractivity contribution in [3.05, 3.63) is 58.6 Å². The molecule has 0 spiro atoms. The second kappa shape index (κ2) is 5.43. The minimum absolute atomic E-state index is 0.358. The number of halogens is 1. The molecule has 3 aromatic rings. The quantitative estimate of drug-likeness (QED) is 0.708. The minimum atomic E-state index is 0.358. The van der Waals surface area contributed by atoms with E-state index in [0.717, 1.165) is 9.86 Å². The van der Waals surface area contributed by atoms with Crippen molar-refractivity contribution in [2.75, 3.05) is 5.73 Å². The molecule has 0 saturated heterocycles. The van der Waals surface area contributed by atoms with Crippen LogP contribution < -0.4 is 10.5 Å². The van der Waals surface area contributed by atoms with Crippen LogP contribution in [-0.2, 0) is 0 Å². The van der Waals surface area contributed by atoms with Crippen LogP contribution in [0.3, 0.4) is 0 Å². The molecule has 0 aliphatic rings. The molecule has 0 saturated carbocycles. The maximum Gasteiger partial charge on any atom is 0.221 e. The molecule has 0 amide bonds. The zero-order valence-electron chi connectivity index (χ0n) is 10.9. The number of anilines is 1. The summed E-state index contributed by atoms with van der Waals surface area (Å²) in [6, 6.07) is 16.5. The summed E-state index contributed by atoms with van der Waals surface area (Å²) in [4.78, 5) is 4.41. The third kappa shape index (κ3) is 2.67. The second-order valence-corrected chi connectivity index (χ2v) is 5.28. The van der Waals surface area contributed by atoms with Gasteiger partial charge >= 0.3 is 0 Å². The third-order valence-electron chi connectivity index (χ3n) is 2.98. The molecular formula is C16H10BrN3O. The van der Waals surface area contributed by atoms with Gasteiger partial charge in [-0.2, -0.15) is 5.26 Å². The summed E-state index contributed by atoms with van der Waals surface area (Å²) in [7, 11) is 0. The summed E-state index contributed by atoms with van der Waals surface area (Å²) in [6.07, 6.45) is 0. The van der Waals surface area contributed by atoms with Crippen LogP contribution in [0, 0.1) is 11.3 Å². The number of hydrogen-bond acceptors (Lipinski definition) is 4. The summed E-state index contributed by atoms with van der Waals surface area (Å²) in [6.45, 7) is 0. The molecule has 0 bridgehead atoms. The first-order valence-electron chi connectivity index (χ1n) is 6.20. The number of aromatic nitrogens is 1. The number of nitriles is 1. The minimum Gasteiger partial charge on any atom is -0.438 e. The standard InChI is InChI=1S/C16H10BrN3O/c17-13-6-5-11(19)8-15(13)21-16-7-10(9-18)12-3-1-2-4-14(12)20-16/h1-8H,19H2. The van der Waals surface area contributed by atoms with Crippen molar-refractivity contribution < 1.29 is 4.74 Å². The fourth-order valence-electron chi connectivity index (χ4n) is 2.01. The summed E-state index contributed by atoms with van der Waals surface area (Å²) < 4.78 is 6.52. The van der Waals surface area contributed by atoms with E-state index in [2.05, 4.69) is 27.0 Å². The number of rotatable bonds is 2. The molecule has 2 N–H and O–H groups in total. The van der Waals surface area contributed by atoms with Gasteiger partial charge < -0.3 is 10.5 Å². The van der Waals surface area contributed by atoms with Crippen LogP contribution >= 0.6 is 15.9 Å². The molecule has 3 rings (SSSR count). The van der Waals surface area contributed by atoms with Crippen LogP contribution in [0.15, 0.2) is 53.0 Å². The molecule has 4 nitrogen and oxygen atoms in total. The van der Waals surface area contributed by atoms with Gasteiger partial charge in [-0.15, -0.1) is 0 Å². The Kier molecular flexibility index (Phi) is 3.46. The van der Waals surface area contributed by atoms with E-state index in [0.29, 0.717) is 28.4 Å². The third-order valence-corrected chi connectivity index (χ3v) is 3.64. The molecule has 1 heterocycles. The molecule has 0 unspecified atom stereocenters. The zero-order valence-corrected chi connectivity index (χ0v) is 12.5. The van der Waals surface area contributed by atoms with Gasteiger partial charge in [0.25, 0.3) is 0 Å². The first kappa shape index (κ1) is 13.4. The van der Waals surface area contributed by atoms with E-state index in [9.17, 15) is 5.26 Å². The van der Waals surface area contributed by atoms with Gasteiger partial charge in [-0.1, -0.05) is 18.2 Å². The lowest BCUT2D eigenvalue weighted by molar-refractivity contribution is 0.462. The lowest BCUT2D eigenvalue weighted by Gasteiger charge is -2.09. The fraction of sp³-hybridized carbons (Fsp3) is 0. The number of ether oxygens (including phenoxy) is 1. The Labute approximate surface area is 129 Å². The maximum atomic E-state index is 9.26. The summed E-state index contributed by atoms with van der Waals surface area (Å²) in [5.74, 6) is 0.915. The van der Waals surface area contributed by atoms with Crippen LogP contribution in [0.4, 0.5) is 5.69 Å². The van der Waals surface area contributed by atoms with Crippen LogP contribution in [0.1, 0.15) is 5.56 Å². The van der Waals surface area contributed by atoms with E-state index < -0.39 is 0 Å². The highest BCUT2D eigenvalue weighted by Gasteiger charge is 2.09. The van der Waals surface area contributed by atoms with E-state index in [-0.39, 0.29) is 0 Å². The molecule has 0 aliphatic carbocycles. The molecule has 2 aromatic carbocycles. The summed E-state index contributed by atoms with van der Waals surface area (Å²) >= 11 is 3.40. The van der Waals surface area contributed by atoms with Gasteiger partial charge in [0, 0.05) is 23.2 Å². The average Bonchev–Trinajstić information content (AvgIpc) is 2.50. The maximum absolute atomic E-state index is 9.26. The highest BCUT2D eigenvalue weighted by molar-refractivity contribution is 9.10. The van der Waals surface area contributed by atoms with Crippen molar-refractivity contribution >= 4 is 32.5 Å². The van der Waals surface area contributed by atoms with Gasteiger partial charge in [-0.3, -0.25) is 0 Å². The molecule has 0 aliphatic heterocycles. The van der Waals surface area contributed by atoms with Crippen LogP contribution in [0.5, 0.6) is 11.6 Å². The monoisotopic (exact) mass is 339 g/mol. The van der Waals surface area contributed by atoms with Crippen LogP contribution in [0.2, 0.25) is 0 Å². The number of hydrogen-bond donors (Lipinski definition) is 1. The molecule has 0 atom stereocenters. The van der Waals surface area contributed by atoms with Crippen molar-refractivity contribution in [3.63, 3.8) is 0 Å². The Morgan fingerprint density at radius 3 is 2.76 bits per heavy atom. The van der Waals surface area contributed by atoms with Crippen molar-refractivity contribution in [1.29, 1.82) is 5.26 Å². The van der Waals surface area contributed by atoms with Gasteiger partial charge in [-0.05, 0) is 34.1 Å². The summed E-state index contributed by atoms with van der Waals surface area (Å²) in [5, 5.41) is 10.1. The topological polar surface area (TPSA) is 71.9 Å². The Hall–Kier alpha value is -2.58. The highest BCUT2D eigenvalue weighted by atomic mass is 79.9. The molecule has 1 aromatic heterocycles. The van der Waals surface area contributed by atoms with Gasteiger partial charge in [0.2, 0.25) is 5.88 Å². The van der Waals surface area contributed by atoms with Gasteiger partial charge in [0.05, 0.1) is 15.6 Å². The van der Waals surface area contributed by atoms with Gasteiger partial charge in [0.15, 0.2) is 0 Å². The lowest BCUT2D eigenvalue weighted by atomic mass is 10.1. The molecule has 0 radical (unpaired) electrons. The Morgan fingerprint density at radius 1 is 1.14 bits per heavy atom. The SMILES string of the molecule is N#Cc1cc(Oc2cc(N)ccc2Br)nc2ccccc12. The van der Waals surface area contributed by atoms with Crippen molar-refractivity contribution in [3.8, 4) is 17.7 Å². The number of nitrogen functional groups attached to an aromatic ring is 1. The van der Waals surface area contributed by atoms with E-state index in [1.807, 2.05) is 24.3 Å². The van der Waals surface area contributed by atoms with Gasteiger partial charge in [-0.25, -0.2) is 4.98 Å². The predicted octanol–water partition coefficient (Wildman–Crippen LogP) is 4.24. The Morgan fingerprint density at radius 2 is 1.95 bits per heavy atom. The molecule has 21 heavy (non-hydrogen) atoms. The Bertz CT molecular complexity index is 871. The van der Waals surface area contributed by atoms with E-state index in [1.54, 1.807) is 24.3 Å². The molecule has 102 valence electrons. The smallest absolute Gasteiger partial charge is 0.221 e. The van der Waals surface area contributed by atoms with Gasteiger partial charge in [0.1, 0.15) is 11.8 Å². The fourth-order valence-corrected chi connectivity index (χ4v) is 2.33. The van der Waals surface area contributed by atoms with E-state index in [1.165, 1.54) is 0 Å². The van der Waals surface area contributed by atoms with Crippen molar-refractivity contribution in [2.45, 2.75) is 0 Å². The molecular weight excluding hydrogens is 330 g/mol. The zero-order chi connectivity index (χ0) is 14.8. The average molecular weight is 340 g/mol. The highest BCUT2D eigenvalue weighted by Crippen LogP contribution is 2.32. The normalized spacial score (nSPS) is 10.3. The second-order valence-electron chi connectivity index (χ2n) is 4.43. The first-order chi connectivity index (χ1) is 10.2. The van der Waals surface area contributed by atoms with Crippen LogP contribution in [0.25, 0.3) is 10.9 Å². The number of nitrogens with two attached hydrogens (primary N) is 1. The number of nitrogens with zero attached hydrogens (tertiary/aromatic N) is 2. The number of pyridine rings is 1. The van der Waals surface area contributed by atoms with Crippen molar-refractivity contribution in [1.82, 2.24) is 4.98 Å². The number of fused-ring (bicyclic) bond motifs is 1. The van der Waals surface area contributed by atoms with Crippen molar-refractivity contribution in [2.24, 2.45) is 0 Å². The number of benzene rings is 2. The number of para-hydroxylation sites is 1. The Balaban J connectivity index is 2.09. The lowest BCUT2D eigenvalue weighted by Crippen LogP contribution is -1.93. The summed E-state index contributed by atoms with van der Waals surface area (Å²) in [5.41, 5.74) is 7.58. The van der Waals surface area contributed by atoms with Crippen LogP contribution in [-0.4, -0.2) is 4.98 Å². The molecule has 0 fully saturated rings. The first-order valence-corrected chi connectivity index (χ1v) is 6.99. The van der Waals surface area contributed by atoms with E-state index >= 15 is 0 Å². The predicted molar refractivity (Wildman–Crippen MR) is 85.1 cm³/mol. The molecule has 5 heteroatoms. The van der Waals surface area contributed by atoms with E-state index in [4.69, 9.17) is 10.5 Å². The largest absolute Gasteiger partial charge is 0.438 e.